The lowest BCUT2D eigenvalue weighted by molar-refractivity contribution is -0.143. The highest BCUT2D eigenvalue weighted by molar-refractivity contribution is 7.11. The van der Waals surface area contributed by atoms with Crippen molar-refractivity contribution in [3.63, 3.8) is 0 Å². The topological polar surface area (TPSA) is 39.2 Å². The summed E-state index contributed by atoms with van der Waals surface area (Å²) in [4.78, 5) is 14.6. The maximum Gasteiger partial charge on any atom is 0.443 e. The van der Waals surface area contributed by atoms with Crippen molar-refractivity contribution in [1.29, 1.82) is 0 Å². The Morgan fingerprint density at radius 3 is 2.75 bits per heavy atom. The van der Waals surface area contributed by atoms with Crippen LogP contribution >= 0.6 is 11.3 Å². The average molecular weight is 253 g/mol. The highest BCUT2D eigenvalue weighted by Crippen LogP contribution is 2.32. The molecule has 7 heteroatoms. The number of carbonyl (C=O) groups excluding carboxylic acids is 1. The van der Waals surface area contributed by atoms with E-state index < -0.39 is 17.2 Å². The lowest BCUT2D eigenvalue weighted by atomic mass is 10.3. The molecule has 0 N–H and O–H groups in total. The van der Waals surface area contributed by atoms with E-state index in [1.807, 2.05) is 0 Å². The van der Waals surface area contributed by atoms with Crippen molar-refractivity contribution < 1.29 is 22.7 Å². The SMILES string of the molecule is CCOC(=O)CCc1cnc(C(F)(F)F)s1. The molecular weight excluding hydrogens is 243 g/mol. The molecule has 1 heterocycles. The summed E-state index contributed by atoms with van der Waals surface area (Å²) in [5, 5.41) is -0.883. The van der Waals surface area contributed by atoms with Crippen LogP contribution in [-0.4, -0.2) is 17.6 Å². The average Bonchev–Trinajstić information content (AvgIpc) is 2.63. The van der Waals surface area contributed by atoms with Gasteiger partial charge in [-0.1, -0.05) is 0 Å². The third kappa shape index (κ3) is 3.80. The Hall–Kier alpha value is -1.11. The van der Waals surface area contributed by atoms with Gasteiger partial charge in [-0.05, 0) is 13.3 Å². The van der Waals surface area contributed by atoms with E-state index in [2.05, 4.69) is 9.72 Å². The standard InChI is InChI=1S/C9H10F3NO2S/c1-2-15-7(14)4-3-6-5-13-8(16-6)9(10,11)12/h5H,2-4H2,1H3. The van der Waals surface area contributed by atoms with Crippen LogP contribution in [0.5, 0.6) is 0 Å². The summed E-state index contributed by atoms with van der Waals surface area (Å²) in [5.41, 5.74) is 0. The summed E-state index contributed by atoms with van der Waals surface area (Å²) in [6, 6.07) is 0. The van der Waals surface area contributed by atoms with Crippen LogP contribution in [0.2, 0.25) is 0 Å². The lowest BCUT2D eigenvalue weighted by Crippen LogP contribution is -2.04. The van der Waals surface area contributed by atoms with E-state index in [-0.39, 0.29) is 19.4 Å². The number of esters is 1. The van der Waals surface area contributed by atoms with Gasteiger partial charge >= 0.3 is 12.1 Å². The van der Waals surface area contributed by atoms with Gasteiger partial charge in [-0.25, -0.2) is 4.98 Å². The van der Waals surface area contributed by atoms with Crippen molar-refractivity contribution in [3.05, 3.63) is 16.1 Å². The van der Waals surface area contributed by atoms with E-state index in [0.29, 0.717) is 16.2 Å². The van der Waals surface area contributed by atoms with Crippen LogP contribution < -0.4 is 0 Å². The van der Waals surface area contributed by atoms with Gasteiger partial charge in [0, 0.05) is 11.1 Å². The minimum atomic E-state index is -4.41. The van der Waals surface area contributed by atoms with Crippen molar-refractivity contribution in [2.24, 2.45) is 0 Å². The van der Waals surface area contributed by atoms with Gasteiger partial charge in [-0.15, -0.1) is 11.3 Å². The highest BCUT2D eigenvalue weighted by atomic mass is 32.1. The first kappa shape index (κ1) is 13.0. The van der Waals surface area contributed by atoms with Crippen molar-refractivity contribution >= 4 is 17.3 Å². The Labute approximate surface area is 94.3 Å². The minimum Gasteiger partial charge on any atom is -0.466 e. The maximum atomic E-state index is 12.2. The number of hydrogen-bond acceptors (Lipinski definition) is 4. The number of ether oxygens (including phenoxy) is 1. The summed E-state index contributed by atoms with van der Waals surface area (Å²) in [6.07, 6.45) is -2.96. The normalized spacial score (nSPS) is 11.5. The second-order valence-electron chi connectivity index (χ2n) is 2.93. The molecule has 3 nitrogen and oxygen atoms in total. The second kappa shape index (κ2) is 5.29. The van der Waals surface area contributed by atoms with Gasteiger partial charge in [0.05, 0.1) is 13.0 Å². The number of thiazole rings is 1. The Morgan fingerprint density at radius 2 is 2.25 bits per heavy atom. The zero-order chi connectivity index (χ0) is 12.2. The van der Waals surface area contributed by atoms with Crippen molar-refractivity contribution in [1.82, 2.24) is 4.98 Å². The first-order valence-electron chi connectivity index (χ1n) is 4.61. The van der Waals surface area contributed by atoms with E-state index >= 15 is 0 Å². The third-order valence-corrected chi connectivity index (χ3v) is 2.78. The molecular formula is C9H10F3NO2S. The summed E-state index contributed by atoms with van der Waals surface area (Å²) in [5.74, 6) is -0.413. The molecule has 1 aromatic rings. The van der Waals surface area contributed by atoms with E-state index in [9.17, 15) is 18.0 Å². The largest absolute Gasteiger partial charge is 0.466 e. The van der Waals surface area contributed by atoms with Gasteiger partial charge in [0.15, 0.2) is 5.01 Å². The summed E-state index contributed by atoms with van der Waals surface area (Å²) < 4.78 is 41.2. The zero-order valence-electron chi connectivity index (χ0n) is 8.50. The van der Waals surface area contributed by atoms with Crippen LogP contribution in [0.25, 0.3) is 0 Å². The van der Waals surface area contributed by atoms with Gasteiger partial charge in [0.2, 0.25) is 0 Å². The molecule has 0 aromatic carbocycles. The van der Waals surface area contributed by atoms with Gasteiger partial charge in [-0.3, -0.25) is 4.79 Å². The minimum absolute atomic E-state index is 0.0767. The van der Waals surface area contributed by atoms with E-state index in [0.717, 1.165) is 6.20 Å². The molecule has 0 spiro atoms. The number of aryl methyl sites for hydroxylation is 1. The molecule has 0 radical (unpaired) electrons. The molecule has 16 heavy (non-hydrogen) atoms. The van der Waals surface area contributed by atoms with Crippen LogP contribution in [0.15, 0.2) is 6.20 Å². The van der Waals surface area contributed by atoms with E-state index in [1.54, 1.807) is 6.92 Å². The first-order valence-corrected chi connectivity index (χ1v) is 5.42. The quantitative estimate of drug-likeness (QED) is 0.774. The molecule has 90 valence electrons. The summed E-state index contributed by atoms with van der Waals surface area (Å²) >= 11 is 0.556. The van der Waals surface area contributed by atoms with Crippen LogP contribution in [0.3, 0.4) is 0 Å². The van der Waals surface area contributed by atoms with Gasteiger partial charge in [0.25, 0.3) is 0 Å². The number of alkyl halides is 3. The molecule has 0 amide bonds. The van der Waals surface area contributed by atoms with Crippen LogP contribution in [-0.2, 0) is 22.1 Å². The number of carbonyl (C=O) groups is 1. The molecule has 0 atom stereocenters. The lowest BCUT2D eigenvalue weighted by Gasteiger charge is -2.00. The van der Waals surface area contributed by atoms with Crippen LogP contribution in [0.4, 0.5) is 13.2 Å². The number of nitrogens with zero attached hydrogens (tertiary/aromatic N) is 1. The van der Waals surface area contributed by atoms with Gasteiger partial charge in [-0.2, -0.15) is 13.2 Å². The molecule has 0 aliphatic carbocycles. The highest BCUT2D eigenvalue weighted by Gasteiger charge is 2.34. The predicted octanol–water partition coefficient (Wildman–Crippen LogP) is 2.66. The summed E-state index contributed by atoms with van der Waals surface area (Å²) in [6.45, 7) is 1.95. The molecule has 1 aromatic heterocycles. The molecule has 1 rings (SSSR count). The smallest absolute Gasteiger partial charge is 0.443 e. The zero-order valence-corrected chi connectivity index (χ0v) is 9.32. The first-order chi connectivity index (χ1) is 7.43. The number of aromatic nitrogens is 1. The van der Waals surface area contributed by atoms with Gasteiger partial charge < -0.3 is 4.74 Å². The van der Waals surface area contributed by atoms with Crippen molar-refractivity contribution in [2.75, 3.05) is 6.61 Å². The second-order valence-corrected chi connectivity index (χ2v) is 4.05. The molecule has 0 saturated carbocycles. The monoisotopic (exact) mass is 253 g/mol. The maximum absolute atomic E-state index is 12.2. The number of halogens is 3. The van der Waals surface area contributed by atoms with Crippen LogP contribution in [0, 0.1) is 0 Å². The van der Waals surface area contributed by atoms with Gasteiger partial charge in [0.1, 0.15) is 0 Å². The fourth-order valence-corrected chi connectivity index (χ4v) is 1.79. The molecule has 0 aliphatic heterocycles. The Kier molecular flexibility index (Phi) is 4.28. The molecule has 0 bridgehead atoms. The molecule has 0 aliphatic rings. The van der Waals surface area contributed by atoms with Crippen molar-refractivity contribution in [2.45, 2.75) is 25.9 Å². The number of rotatable bonds is 4. The molecule has 0 unspecified atom stereocenters. The van der Waals surface area contributed by atoms with Crippen molar-refractivity contribution in [3.8, 4) is 0 Å². The molecule has 0 saturated heterocycles. The predicted molar refractivity (Wildman–Crippen MR) is 52.1 cm³/mol. The number of hydrogen-bond donors (Lipinski definition) is 0. The van der Waals surface area contributed by atoms with E-state index in [1.165, 1.54) is 0 Å². The summed E-state index contributed by atoms with van der Waals surface area (Å²) in [7, 11) is 0. The van der Waals surface area contributed by atoms with E-state index in [4.69, 9.17) is 0 Å². The fraction of sp³-hybridized carbons (Fsp3) is 0.556. The Bertz CT molecular complexity index is 362. The fourth-order valence-electron chi connectivity index (χ4n) is 1.01. The molecule has 0 fully saturated rings. The third-order valence-electron chi connectivity index (χ3n) is 1.68. The Balaban J connectivity index is 2.50. The van der Waals surface area contributed by atoms with Crippen LogP contribution in [0.1, 0.15) is 23.2 Å². The Morgan fingerprint density at radius 1 is 1.56 bits per heavy atom.